The van der Waals surface area contributed by atoms with Gasteiger partial charge in [-0.2, -0.15) is 5.10 Å². The Morgan fingerprint density at radius 2 is 2.00 bits per heavy atom. The number of thioether (sulfide) groups is 1. The van der Waals surface area contributed by atoms with Gasteiger partial charge in [-0.05, 0) is 55.3 Å². The van der Waals surface area contributed by atoms with Crippen molar-refractivity contribution < 1.29 is 22.8 Å². The molecule has 0 N–H and O–H groups in total. The number of ether oxygens (including phenoxy) is 1. The lowest BCUT2D eigenvalue weighted by Gasteiger charge is -2.19. The van der Waals surface area contributed by atoms with Crippen LogP contribution in [0, 0.1) is 13.8 Å². The zero-order valence-electron chi connectivity index (χ0n) is 18.6. The SMILES string of the molecule is Cc1ccc(C)c(OCc2nnc(SCC(=O)N3N=C(c4ccco4)CC3c3ccco3)o2)c1. The second kappa shape index (κ2) is 9.60. The van der Waals surface area contributed by atoms with Crippen LogP contribution in [0.25, 0.3) is 0 Å². The van der Waals surface area contributed by atoms with Gasteiger partial charge in [0.1, 0.15) is 29.0 Å². The van der Waals surface area contributed by atoms with E-state index in [9.17, 15) is 4.79 Å². The van der Waals surface area contributed by atoms with Crippen molar-refractivity contribution in [2.45, 2.75) is 38.1 Å². The van der Waals surface area contributed by atoms with Crippen LogP contribution in [-0.4, -0.2) is 32.6 Å². The standard InChI is InChI=1S/C24H22N4O5S/c1-15-7-8-16(2)21(11-15)32-13-22-25-26-24(33-22)34-14-23(29)28-18(20-6-4-10-31-20)12-17(27-28)19-5-3-9-30-19/h3-11,18H,12-14H2,1-2H3. The Balaban J connectivity index is 1.22. The van der Waals surface area contributed by atoms with Gasteiger partial charge >= 0.3 is 0 Å². The second-order valence-electron chi connectivity index (χ2n) is 7.81. The number of carbonyl (C=O) groups excluding carboxylic acids is 1. The molecule has 174 valence electrons. The van der Waals surface area contributed by atoms with Gasteiger partial charge in [0.15, 0.2) is 6.61 Å². The monoisotopic (exact) mass is 478 g/mol. The maximum atomic E-state index is 13.0. The third-order valence-corrected chi connectivity index (χ3v) is 6.11. The van der Waals surface area contributed by atoms with Crippen molar-refractivity contribution >= 4 is 23.4 Å². The van der Waals surface area contributed by atoms with Crippen LogP contribution in [0.3, 0.4) is 0 Å². The number of hydrogen-bond donors (Lipinski definition) is 0. The first kappa shape index (κ1) is 22.0. The topological polar surface area (TPSA) is 107 Å². The minimum Gasteiger partial charge on any atom is -0.484 e. The molecular formula is C24H22N4O5S. The molecule has 1 aliphatic rings. The summed E-state index contributed by atoms with van der Waals surface area (Å²) in [6.07, 6.45) is 3.66. The first-order valence-electron chi connectivity index (χ1n) is 10.7. The Labute approximate surface area is 199 Å². The van der Waals surface area contributed by atoms with E-state index in [0.717, 1.165) is 28.6 Å². The lowest BCUT2D eigenvalue weighted by atomic mass is 10.1. The molecule has 1 amide bonds. The van der Waals surface area contributed by atoms with E-state index < -0.39 is 0 Å². The zero-order chi connectivity index (χ0) is 23.5. The highest BCUT2D eigenvalue weighted by Crippen LogP contribution is 2.34. The van der Waals surface area contributed by atoms with E-state index >= 15 is 0 Å². The molecule has 4 aromatic rings. The predicted octanol–water partition coefficient (Wildman–Crippen LogP) is 4.92. The number of nitrogens with zero attached hydrogens (tertiary/aromatic N) is 4. The van der Waals surface area contributed by atoms with Crippen molar-refractivity contribution in [3.63, 3.8) is 0 Å². The third kappa shape index (κ3) is 4.76. The highest BCUT2D eigenvalue weighted by Gasteiger charge is 2.35. The molecule has 0 saturated heterocycles. The zero-order valence-corrected chi connectivity index (χ0v) is 19.4. The van der Waals surface area contributed by atoms with Gasteiger partial charge in [0, 0.05) is 6.42 Å². The fourth-order valence-corrected chi connectivity index (χ4v) is 4.21. The average molecular weight is 479 g/mol. The average Bonchev–Trinajstić information content (AvgIpc) is 3.63. The lowest BCUT2D eigenvalue weighted by molar-refractivity contribution is -0.130. The van der Waals surface area contributed by atoms with Crippen molar-refractivity contribution in [1.29, 1.82) is 0 Å². The van der Waals surface area contributed by atoms with Crippen molar-refractivity contribution in [1.82, 2.24) is 15.2 Å². The van der Waals surface area contributed by atoms with Crippen LogP contribution >= 0.6 is 11.8 Å². The van der Waals surface area contributed by atoms with E-state index in [-0.39, 0.29) is 29.5 Å². The summed E-state index contributed by atoms with van der Waals surface area (Å²) < 4.78 is 22.5. The van der Waals surface area contributed by atoms with Gasteiger partial charge in [0.25, 0.3) is 17.0 Å². The highest BCUT2D eigenvalue weighted by atomic mass is 32.2. The van der Waals surface area contributed by atoms with Gasteiger partial charge in [-0.3, -0.25) is 4.79 Å². The first-order chi connectivity index (χ1) is 16.6. The Kier molecular flexibility index (Phi) is 6.22. The molecule has 1 aliphatic heterocycles. The smallest absolute Gasteiger partial charge is 0.277 e. The third-order valence-electron chi connectivity index (χ3n) is 5.31. The van der Waals surface area contributed by atoms with Crippen molar-refractivity contribution in [3.8, 4) is 5.75 Å². The summed E-state index contributed by atoms with van der Waals surface area (Å²) in [5.41, 5.74) is 2.82. The molecule has 0 bridgehead atoms. The molecule has 0 fully saturated rings. The maximum Gasteiger partial charge on any atom is 0.277 e. The quantitative estimate of drug-likeness (QED) is 0.328. The number of furan rings is 2. The van der Waals surface area contributed by atoms with Crippen LogP contribution in [0.4, 0.5) is 0 Å². The first-order valence-corrected chi connectivity index (χ1v) is 11.7. The minimum absolute atomic E-state index is 0.0750. The molecule has 10 heteroatoms. The van der Waals surface area contributed by atoms with Crippen LogP contribution < -0.4 is 4.74 Å². The normalized spacial score (nSPS) is 15.5. The van der Waals surface area contributed by atoms with Crippen molar-refractivity contribution in [3.05, 3.63) is 83.5 Å². The number of aromatic nitrogens is 2. The Morgan fingerprint density at radius 1 is 1.15 bits per heavy atom. The van der Waals surface area contributed by atoms with Crippen LogP contribution in [0.2, 0.25) is 0 Å². The summed E-state index contributed by atoms with van der Waals surface area (Å²) in [6, 6.07) is 12.9. The largest absolute Gasteiger partial charge is 0.484 e. The molecule has 0 saturated carbocycles. The van der Waals surface area contributed by atoms with Gasteiger partial charge in [-0.1, -0.05) is 23.9 Å². The predicted molar refractivity (Wildman–Crippen MR) is 123 cm³/mol. The van der Waals surface area contributed by atoms with E-state index in [1.54, 1.807) is 24.7 Å². The molecule has 1 unspecified atom stereocenters. The van der Waals surface area contributed by atoms with Gasteiger partial charge in [-0.25, -0.2) is 5.01 Å². The van der Waals surface area contributed by atoms with E-state index in [1.165, 1.54) is 5.01 Å². The Bertz CT molecular complexity index is 1300. The van der Waals surface area contributed by atoms with E-state index in [0.29, 0.717) is 29.5 Å². The van der Waals surface area contributed by atoms with Crippen molar-refractivity contribution in [2.24, 2.45) is 5.10 Å². The molecule has 5 rings (SSSR count). The molecule has 0 aliphatic carbocycles. The van der Waals surface area contributed by atoms with Crippen LogP contribution in [0.1, 0.15) is 41.0 Å². The molecule has 9 nitrogen and oxygen atoms in total. The van der Waals surface area contributed by atoms with Crippen LogP contribution in [-0.2, 0) is 11.4 Å². The van der Waals surface area contributed by atoms with E-state index in [4.69, 9.17) is 18.0 Å². The summed E-state index contributed by atoms with van der Waals surface area (Å²) in [5.74, 6) is 2.26. The molecule has 3 aromatic heterocycles. The van der Waals surface area contributed by atoms with Crippen molar-refractivity contribution in [2.75, 3.05) is 5.75 Å². The lowest BCUT2D eigenvalue weighted by Crippen LogP contribution is -2.28. The van der Waals surface area contributed by atoms with Crippen LogP contribution in [0.15, 0.2) is 78.6 Å². The number of rotatable bonds is 8. The molecule has 0 spiro atoms. The number of carbonyl (C=O) groups is 1. The molecule has 1 atom stereocenters. The number of hydrazone groups is 1. The Morgan fingerprint density at radius 3 is 2.79 bits per heavy atom. The number of aryl methyl sites for hydroxylation is 2. The summed E-state index contributed by atoms with van der Waals surface area (Å²) >= 11 is 1.15. The van der Waals surface area contributed by atoms with Gasteiger partial charge in [0.2, 0.25) is 0 Å². The summed E-state index contributed by atoms with van der Waals surface area (Å²) in [7, 11) is 0. The summed E-state index contributed by atoms with van der Waals surface area (Å²) in [4.78, 5) is 13.0. The minimum atomic E-state index is -0.340. The van der Waals surface area contributed by atoms with Gasteiger partial charge < -0.3 is 18.0 Å². The summed E-state index contributed by atoms with van der Waals surface area (Å²) in [5, 5.41) is 14.3. The van der Waals surface area contributed by atoms with Crippen LogP contribution in [0.5, 0.6) is 5.75 Å². The molecule has 34 heavy (non-hydrogen) atoms. The highest BCUT2D eigenvalue weighted by molar-refractivity contribution is 7.99. The molecule has 4 heterocycles. The molecule has 1 aromatic carbocycles. The molecule has 0 radical (unpaired) electrons. The maximum absolute atomic E-state index is 13.0. The second-order valence-corrected chi connectivity index (χ2v) is 8.73. The number of hydrogen-bond acceptors (Lipinski definition) is 9. The number of amides is 1. The number of benzene rings is 1. The fourth-order valence-electron chi connectivity index (χ4n) is 3.58. The Hall–Kier alpha value is -3.79. The fraction of sp³-hybridized carbons (Fsp3) is 0.250. The van der Waals surface area contributed by atoms with E-state index in [2.05, 4.69) is 15.3 Å². The van der Waals surface area contributed by atoms with Gasteiger partial charge in [0.05, 0.1) is 18.3 Å². The molecular weight excluding hydrogens is 456 g/mol. The van der Waals surface area contributed by atoms with Gasteiger partial charge in [-0.15, -0.1) is 10.2 Å². The summed E-state index contributed by atoms with van der Waals surface area (Å²) in [6.45, 7) is 4.13. The van der Waals surface area contributed by atoms with E-state index in [1.807, 2.05) is 44.2 Å².